The first-order valence-corrected chi connectivity index (χ1v) is 5.63. The van der Waals surface area contributed by atoms with Crippen LogP contribution >= 0.6 is 0 Å². The summed E-state index contributed by atoms with van der Waals surface area (Å²) in [6.07, 6.45) is 0. The van der Waals surface area contributed by atoms with E-state index in [-0.39, 0.29) is 11.0 Å². The van der Waals surface area contributed by atoms with E-state index in [1.54, 1.807) is 6.07 Å². The third kappa shape index (κ3) is 2.61. The first-order valence-electron chi connectivity index (χ1n) is 5.63. The van der Waals surface area contributed by atoms with Crippen LogP contribution in [0, 0.1) is 0 Å². The lowest BCUT2D eigenvalue weighted by molar-refractivity contribution is 0.590. The molecule has 0 radical (unpaired) electrons. The number of nitrogens with zero attached hydrogens (tertiary/aromatic N) is 1. The van der Waals surface area contributed by atoms with Crippen molar-refractivity contribution in [2.75, 3.05) is 0 Å². The van der Waals surface area contributed by atoms with Crippen LogP contribution in [0.15, 0.2) is 41.2 Å². The Morgan fingerprint density at radius 1 is 1.12 bits per heavy atom. The van der Waals surface area contributed by atoms with Gasteiger partial charge in [0.2, 0.25) is 0 Å². The third-order valence-electron chi connectivity index (χ3n) is 2.70. The van der Waals surface area contributed by atoms with Crippen LogP contribution < -0.4 is 5.56 Å². The highest BCUT2D eigenvalue weighted by molar-refractivity contribution is 5.59. The van der Waals surface area contributed by atoms with Crippen LogP contribution in [-0.4, -0.2) is 10.2 Å². The smallest absolute Gasteiger partial charge is 0.264 e. The van der Waals surface area contributed by atoms with Gasteiger partial charge in [-0.2, -0.15) is 5.10 Å². The number of hydrogen-bond acceptors (Lipinski definition) is 2. The molecule has 0 fully saturated rings. The number of nitrogens with one attached hydrogen (secondary N) is 1. The van der Waals surface area contributed by atoms with E-state index in [1.807, 2.05) is 12.1 Å². The second-order valence-corrected chi connectivity index (χ2v) is 5.14. The zero-order chi connectivity index (χ0) is 12.5. The molecule has 1 N–H and O–H groups in total. The van der Waals surface area contributed by atoms with E-state index >= 15 is 0 Å². The van der Waals surface area contributed by atoms with Gasteiger partial charge in [0, 0.05) is 11.6 Å². The van der Waals surface area contributed by atoms with Gasteiger partial charge in [-0.15, -0.1) is 0 Å². The van der Waals surface area contributed by atoms with Crippen LogP contribution in [0.3, 0.4) is 0 Å². The summed E-state index contributed by atoms with van der Waals surface area (Å²) >= 11 is 0. The molecule has 1 aromatic heterocycles. The number of H-pyrrole nitrogens is 1. The van der Waals surface area contributed by atoms with Gasteiger partial charge >= 0.3 is 0 Å². The molecule has 0 unspecified atom stereocenters. The Morgan fingerprint density at radius 2 is 1.88 bits per heavy atom. The average molecular weight is 228 g/mol. The monoisotopic (exact) mass is 228 g/mol. The van der Waals surface area contributed by atoms with Crippen LogP contribution in [-0.2, 0) is 5.41 Å². The molecule has 0 saturated heterocycles. The van der Waals surface area contributed by atoms with Crippen molar-refractivity contribution in [2.45, 2.75) is 26.2 Å². The number of benzene rings is 1. The number of aromatic amines is 1. The van der Waals surface area contributed by atoms with Gasteiger partial charge in [0.15, 0.2) is 0 Å². The minimum absolute atomic E-state index is 0.109. The SMILES string of the molecule is CC(C)(C)c1cccc(-c2ccc(=O)[nH]n2)c1. The predicted octanol–water partition coefficient (Wildman–Crippen LogP) is 2.73. The van der Waals surface area contributed by atoms with Crippen molar-refractivity contribution in [3.8, 4) is 11.3 Å². The summed E-state index contributed by atoms with van der Waals surface area (Å²) in [6, 6.07) is 11.5. The van der Waals surface area contributed by atoms with Crippen LogP contribution in [0.1, 0.15) is 26.3 Å². The fourth-order valence-electron chi connectivity index (χ4n) is 1.65. The summed E-state index contributed by atoms with van der Waals surface area (Å²) in [6.45, 7) is 6.52. The molecule has 0 aliphatic carbocycles. The fraction of sp³-hybridized carbons (Fsp3) is 0.286. The molecular formula is C14H16N2O. The van der Waals surface area contributed by atoms with E-state index in [0.717, 1.165) is 11.3 Å². The van der Waals surface area contributed by atoms with E-state index in [2.05, 4.69) is 43.1 Å². The minimum Gasteiger partial charge on any atom is -0.268 e. The molecule has 0 aliphatic rings. The van der Waals surface area contributed by atoms with Crippen LogP contribution in [0.25, 0.3) is 11.3 Å². The van der Waals surface area contributed by atoms with E-state index in [0.29, 0.717) is 0 Å². The highest BCUT2D eigenvalue weighted by Gasteiger charge is 2.14. The van der Waals surface area contributed by atoms with Crippen molar-refractivity contribution in [3.63, 3.8) is 0 Å². The summed E-state index contributed by atoms with van der Waals surface area (Å²) in [5.41, 5.74) is 2.99. The van der Waals surface area contributed by atoms with E-state index in [9.17, 15) is 4.79 Å². The molecule has 0 aliphatic heterocycles. The predicted molar refractivity (Wildman–Crippen MR) is 69.0 cm³/mol. The highest BCUT2D eigenvalue weighted by Crippen LogP contribution is 2.26. The normalized spacial score (nSPS) is 11.5. The van der Waals surface area contributed by atoms with E-state index in [1.165, 1.54) is 11.6 Å². The minimum atomic E-state index is -0.180. The largest absolute Gasteiger partial charge is 0.268 e. The van der Waals surface area contributed by atoms with Crippen LogP contribution in [0.2, 0.25) is 0 Å². The zero-order valence-electron chi connectivity index (χ0n) is 10.3. The molecule has 2 rings (SSSR count). The Kier molecular flexibility index (Phi) is 2.84. The maximum Gasteiger partial charge on any atom is 0.264 e. The molecule has 0 amide bonds. The Morgan fingerprint density at radius 3 is 2.47 bits per heavy atom. The summed E-state index contributed by atoms with van der Waals surface area (Å²) < 4.78 is 0. The molecule has 1 aromatic carbocycles. The Labute approximate surface area is 101 Å². The third-order valence-corrected chi connectivity index (χ3v) is 2.70. The van der Waals surface area contributed by atoms with E-state index < -0.39 is 0 Å². The average Bonchev–Trinajstić information content (AvgIpc) is 2.29. The van der Waals surface area contributed by atoms with Gasteiger partial charge in [-0.1, -0.05) is 39.0 Å². The number of aromatic nitrogens is 2. The standard InChI is InChI=1S/C14H16N2O/c1-14(2,3)11-6-4-5-10(9-11)12-7-8-13(17)16-15-12/h4-9H,1-3H3,(H,16,17). The zero-order valence-corrected chi connectivity index (χ0v) is 10.3. The summed E-state index contributed by atoms with van der Waals surface area (Å²) in [5.74, 6) is 0. The van der Waals surface area contributed by atoms with Crippen molar-refractivity contribution in [1.29, 1.82) is 0 Å². The lowest BCUT2D eigenvalue weighted by Crippen LogP contribution is -2.11. The molecule has 3 nitrogen and oxygen atoms in total. The fourth-order valence-corrected chi connectivity index (χ4v) is 1.65. The molecule has 88 valence electrons. The molecule has 0 bridgehead atoms. The molecule has 0 saturated carbocycles. The van der Waals surface area contributed by atoms with Crippen molar-refractivity contribution >= 4 is 0 Å². The molecular weight excluding hydrogens is 212 g/mol. The first-order chi connectivity index (χ1) is 7.97. The summed E-state index contributed by atoms with van der Waals surface area (Å²) in [4.78, 5) is 11.0. The van der Waals surface area contributed by atoms with Gasteiger partial charge in [0.25, 0.3) is 5.56 Å². The molecule has 0 spiro atoms. The molecule has 3 heteroatoms. The maximum absolute atomic E-state index is 11.0. The molecule has 0 atom stereocenters. The lowest BCUT2D eigenvalue weighted by Gasteiger charge is -2.19. The van der Waals surface area contributed by atoms with E-state index in [4.69, 9.17) is 0 Å². The van der Waals surface area contributed by atoms with Crippen LogP contribution in [0.5, 0.6) is 0 Å². The molecule has 1 heterocycles. The molecule has 2 aromatic rings. The maximum atomic E-state index is 11.0. The summed E-state index contributed by atoms with van der Waals surface area (Å²) in [7, 11) is 0. The number of hydrogen-bond donors (Lipinski definition) is 1. The van der Waals surface area contributed by atoms with Gasteiger partial charge in [-0.05, 0) is 23.1 Å². The first kappa shape index (κ1) is 11.6. The van der Waals surface area contributed by atoms with Crippen molar-refractivity contribution in [3.05, 3.63) is 52.3 Å². The lowest BCUT2D eigenvalue weighted by atomic mass is 9.86. The van der Waals surface area contributed by atoms with Crippen LogP contribution in [0.4, 0.5) is 0 Å². The van der Waals surface area contributed by atoms with Crippen molar-refractivity contribution in [2.24, 2.45) is 0 Å². The van der Waals surface area contributed by atoms with Gasteiger partial charge < -0.3 is 0 Å². The Bertz CT molecular complexity index is 559. The second kappa shape index (κ2) is 4.17. The second-order valence-electron chi connectivity index (χ2n) is 5.14. The Hall–Kier alpha value is -1.90. The van der Waals surface area contributed by atoms with Crippen molar-refractivity contribution < 1.29 is 0 Å². The highest BCUT2D eigenvalue weighted by atomic mass is 16.1. The molecule has 17 heavy (non-hydrogen) atoms. The van der Waals surface area contributed by atoms with Gasteiger partial charge in [-0.25, -0.2) is 5.10 Å². The quantitative estimate of drug-likeness (QED) is 0.815. The topological polar surface area (TPSA) is 45.8 Å². The van der Waals surface area contributed by atoms with Gasteiger partial charge in [0.1, 0.15) is 0 Å². The van der Waals surface area contributed by atoms with Crippen molar-refractivity contribution in [1.82, 2.24) is 10.2 Å². The Balaban J connectivity index is 2.47. The number of rotatable bonds is 1. The van der Waals surface area contributed by atoms with Gasteiger partial charge in [-0.3, -0.25) is 4.79 Å². The summed E-state index contributed by atoms with van der Waals surface area (Å²) in [5, 5.41) is 6.49. The van der Waals surface area contributed by atoms with Gasteiger partial charge in [0.05, 0.1) is 5.69 Å².